The summed E-state index contributed by atoms with van der Waals surface area (Å²) in [5.74, 6) is 0. The van der Waals surface area contributed by atoms with Gasteiger partial charge < -0.3 is 0 Å². The molecule has 17 heavy (non-hydrogen) atoms. The first kappa shape index (κ1) is 9.71. The first-order chi connectivity index (χ1) is 8.31. The molecular formula is C11H7N5O. The summed E-state index contributed by atoms with van der Waals surface area (Å²) in [7, 11) is 0. The first-order valence-electron chi connectivity index (χ1n) is 5.02. The second kappa shape index (κ2) is 3.82. The number of hydrogen-bond acceptors (Lipinski definition) is 4. The fourth-order valence-corrected chi connectivity index (χ4v) is 1.60. The van der Waals surface area contributed by atoms with Crippen molar-refractivity contribution < 1.29 is 4.79 Å². The summed E-state index contributed by atoms with van der Waals surface area (Å²) in [4.78, 5) is 30.5. The molecular weight excluding hydrogens is 218 g/mol. The molecule has 0 saturated heterocycles. The normalized spacial score (nSPS) is 12.8. The van der Waals surface area contributed by atoms with Crippen molar-refractivity contribution in [1.82, 2.24) is 15.0 Å². The summed E-state index contributed by atoms with van der Waals surface area (Å²) in [6, 6.07) is 3.08. The highest BCUT2D eigenvalue weighted by Gasteiger charge is 2.07. The number of aromatic nitrogens is 3. The van der Waals surface area contributed by atoms with Crippen LogP contribution in [0.25, 0.3) is 0 Å². The predicted molar refractivity (Wildman–Crippen MR) is 56.8 cm³/mol. The Balaban J connectivity index is 1.98. The third-order valence-corrected chi connectivity index (χ3v) is 2.33. The average Bonchev–Trinajstić information content (AvgIpc) is 2.70. The lowest BCUT2D eigenvalue weighted by molar-refractivity contribution is 0.256. The maximum Gasteiger partial charge on any atom is 0.369 e. The van der Waals surface area contributed by atoms with Crippen LogP contribution in [-0.4, -0.2) is 21.0 Å². The van der Waals surface area contributed by atoms with Crippen LogP contribution in [0.5, 0.6) is 0 Å². The van der Waals surface area contributed by atoms with E-state index in [2.05, 4.69) is 24.9 Å². The van der Waals surface area contributed by atoms with Crippen molar-refractivity contribution in [3.8, 4) is 0 Å². The van der Waals surface area contributed by atoms with Crippen molar-refractivity contribution in [3.05, 3.63) is 53.0 Å². The number of nitrogens with zero attached hydrogens (tertiary/aromatic N) is 5. The number of fused-ring (bicyclic) bond motifs is 1. The molecule has 0 unspecified atom stereocenters. The van der Waals surface area contributed by atoms with Crippen molar-refractivity contribution >= 4 is 6.03 Å². The standard InChI is InChI=1S/C11H7N5O/c17-11-15-9-2-1-8(14-10(9)16-11)3-7-4-12-6-13-5-7/h1-2,4-6H,3H2. The molecule has 6 heteroatoms. The lowest BCUT2D eigenvalue weighted by Gasteiger charge is -1.98. The van der Waals surface area contributed by atoms with Crippen molar-refractivity contribution in [2.24, 2.45) is 9.98 Å². The van der Waals surface area contributed by atoms with E-state index < -0.39 is 6.03 Å². The quantitative estimate of drug-likeness (QED) is 0.711. The van der Waals surface area contributed by atoms with Gasteiger partial charge in [0, 0.05) is 24.5 Å². The number of carbonyl (C=O) groups is 1. The van der Waals surface area contributed by atoms with E-state index in [0.717, 1.165) is 11.3 Å². The van der Waals surface area contributed by atoms with Gasteiger partial charge in [0.05, 0.1) is 0 Å². The van der Waals surface area contributed by atoms with Gasteiger partial charge >= 0.3 is 6.03 Å². The molecule has 2 amide bonds. The van der Waals surface area contributed by atoms with E-state index in [1.807, 2.05) is 6.07 Å². The lowest BCUT2D eigenvalue weighted by Crippen LogP contribution is -2.26. The number of pyridine rings is 1. The van der Waals surface area contributed by atoms with Gasteiger partial charge in [-0.05, 0) is 17.7 Å². The van der Waals surface area contributed by atoms with Gasteiger partial charge in [0.2, 0.25) is 0 Å². The Hall–Kier alpha value is -2.50. The van der Waals surface area contributed by atoms with Gasteiger partial charge in [0.1, 0.15) is 11.7 Å². The predicted octanol–water partition coefficient (Wildman–Crippen LogP) is -0.165. The Morgan fingerprint density at radius 2 is 1.88 bits per heavy atom. The van der Waals surface area contributed by atoms with Gasteiger partial charge in [-0.25, -0.2) is 19.7 Å². The zero-order chi connectivity index (χ0) is 11.7. The van der Waals surface area contributed by atoms with Crippen LogP contribution in [0.15, 0.2) is 40.8 Å². The Morgan fingerprint density at radius 1 is 1.06 bits per heavy atom. The first-order valence-corrected chi connectivity index (χ1v) is 5.02. The third-order valence-electron chi connectivity index (χ3n) is 2.33. The topological polar surface area (TPSA) is 80.5 Å². The number of rotatable bonds is 2. The molecule has 0 aliphatic carbocycles. The molecule has 2 aromatic rings. The van der Waals surface area contributed by atoms with Crippen molar-refractivity contribution in [2.45, 2.75) is 6.42 Å². The Kier molecular flexibility index (Phi) is 2.18. The van der Waals surface area contributed by atoms with Crippen molar-refractivity contribution in [3.63, 3.8) is 0 Å². The van der Waals surface area contributed by atoms with Crippen LogP contribution in [0.1, 0.15) is 11.3 Å². The Bertz CT molecular complexity index is 696. The summed E-state index contributed by atoms with van der Waals surface area (Å²) in [6.07, 6.45) is 5.55. The molecule has 0 N–H and O–H groups in total. The maximum atomic E-state index is 11.0. The van der Waals surface area contributed by atoms with Crippen molar-refractivity contribution in [2.75, 3.05) is 0 Å². The lowest BCUT2D eigenvalue weighted by atomic mass is 10.2. The average molecular weight is 225 g/mol. The summed E-state index contributed by atoms with van der Waals surface area (Å²) in [6.45, 7) is 0. The van der Waals surface area contributed by atoms with Crippen molar-refractivity contribution in [1.29, 1.82) is 0 Å². The van der Waals surface area contributed by atoms with Crippen LogP contribution in [0, 0.1) is 0 Å². The second-order valence-electron chi connectivity index (χ2n) is 3.58. The number of urea groups is 1. The molecule has 82 valence electrons. The van der Waals surface area contributed by atoms with Crippen LogP contribution < -0.4 is 10.8 Å². The van der Waals surface area contributed by atoms with E-state index in [9.17, 15) is 4.79 Å². The highest BCUT2D eigenvalue weighted by molar-refractivity contribution is 5.77. The fraction of sp³-hybridized carbons (Fsp3) is 0.0909. The van der Waals surface area contributed by atoms with Crippen LogP contribution in [0.4, 0.5) is 4.79 Å². The van der Waals surface area contributed by atoms with E-state index in [-0.39, 0.29) is 0 Å². The minimum Gasteiger partial charge on any atom is -0.245 e. The number of amides is 2. The maximum absolute atomic E-state index is 11.0. The minimum atomic E-state index is -0.493. The SMILES string of the molecule is O=C1N=c2ccc(Cc3cncnc3)nc2=N1. The van der Waals surface area contributed by atoms with Crippen LogP contribution in [0.2, 0.25) is 0 Å². The molecule has 0 saturated carbocycles. The Labute approximate surface area is 95.8 Å². The van der Waals surface area contributed by atoms with Gasteiger partial charge in [0.25, 0.3) is 0 Å². The summed E-state index contributed by atoms with van der Waals surface area (Å²) >= 11 is 0. The Morgan fingerprint density at radius 3 is 2.71 bits per heavy atom. The third kappa shape index (κ3) is 1.92. The molecule has 0 atom stereocenters. The summed E-state index contributed by atoms with van der Waals surface area (Å²) < 4.78 is 0. The molecule has 0 spiro atoms. The zero-order valence-corrected chi connectivity index (χ0v) is 8.74. The molecule has 2 aromatic heterocycles. The van der Waals surface area contributed by atoms with Gasteiger partial charge in [-0.1, -0.05) is 0 Å². The zero-order valence-electron chi connectivity index (χ0n) is 8.74. The molecule has 3 heterocycles. The highest BCUT2D eigenvalue weighted by atomic mass is 16.2. The second-order valence-corrected chi connectivity index (χ2v) is 3.58. The van der Waals surface area contributed by atoms with E-state index in [1.165, 1.54) is 6.33 Å². The van der Waals surface area contributed by atoms with Gasteiger partial charge in [-0.2, -0.15) is 9.98 Å². The van der Waals surface area contributed by atoms with Crippen LogP contribution >= 0.6 is 0 Å². The molecule has 0 aromatic carbocycles. The number of carbonyl (C=O) groups excluding carboxylic acids is 1. The van der Waals surface area contributed by atoms with E-state index in [1.54, 1.807) is 18.5 Å². The van der Waals surface area contributed by atoms with Crippen LogP contribution in [0.3, 0.4) is 0 Å². The molecule has 1 aliphatic rings. The largest absolute Gasteiger partial charge is 0.369 e. The monoisotopic (exact) mass is 225 g/mol. The highest BCUT2D eigenvalue weighted by Crippen LogP contribution is 2.01. The smallest absolute Gasteiger partial charge is 0.245 e. The molecule has 0 fully saturated rings. The van der Waals surface area contributed by atoms with E-state index in [4.69, 9.17) is 0 Å². The van der Waals surface area contributed by atoms with E-state index >= 15 is 0 Å². The summed E-state index contributed by atoms with van der Waals surface area (Å²) in [5, 5.41) is 0.531. The molecule has 6 nitrogen and oxygen atoms in total. The molecule has 0 radical (unpaired) electrons. The van der Waals surface area contributed by atoms with Crippen LogP contribution in [-0.2, 0) is 6.42 Å². The number of hydrogen-bond donors (Lipinski definition) is 0. The molecule has 0 bridgehead atoms. The molecule has 3 rings (SSSR count). The van der Waals surface area contributed by atoms with Gasteiger partial charge in [-0.15, -0.1) is 0 Å². The fourth-order valence-electron chi connectivity index (χ4n) is 1.60. The van der Waals surface area contributed by atoms with E-state index in [0.29, 0.717) is 17.3 Å². The summed E-state index contributed by atoms with van der Waals surface area (Å²) in [5.41, 5.74) is 2.16. The van der Waals surface area contributed by atoms with Gasteiger partial charge in [0.15, 0.2) is 5.49 Å². The van der Waals surface area contributed by atoms with Gasteiger partial charge in [-0.3, -0.25) is 0 Å². The minimum absolute atomic E-state index is 0.393. The molecule has 1 aliphatic heterocycles.